The third kappa shape index (κ3) is 5.20. The first-order valence-corrected chi connectivity index (χ1v) is 10.8. The highest BCUT2D eigenvalue weighted by Gasteiger charge is 2.44. The van der Waals surface area contributed by atoms with Crippen molar-refractivity contribution in [3.63, 3.8) is 0 Å². The lowest BCUT2D eigenvalue weighted by Crippen LogP contribution is -3.06. The summed E-state index contributed by atoms with van der Waals surface area (Å²) in [5.41, 5.74) is 0.215. The highest BCUT2D eigenvalue weighted by atomic mass is 16.6. The number of ether oxygens (including phenoxy) is 1. The molecule has 3 rings (SSSR count). The van der Waals surface area contributed by atoms with Crippen molar-refractivity contribution in [3.05, 3.63) is 75.3 Å². The van der Waals surface area contributed by atoms with Gasteiger partial charge in [0.2, 0.25) is 5.78 Å². The van der Waals surface area contributed by atoms with E-state index >= 15 is 0 Å². The van der Waals surface area contributed by atoms with Crippen LogP contribution in [0.4, 0.5) is 5.69 Å². The van der Waals surface area contributed by atoms with Crippen molar-refractivity contribution in [2.45, 2.75) is 19.4 Å². The molecule has 0 radical (unpaired) electrons. The Morgan fingerprint density at radius 1 is 1.15 bits per heavy atom. The van der Waals surface area contributed by atoms with E-state index in [1.54, 1.807) is 30.3 Å². The molecule has 174 valence electrons. The molecule has 0 spiro atoms. The van der Waals surface area contributed by atoms with E-state index in [0.717, 1.165) is 11.3 Å². The fraction of sp³-hybridized carbons (Fsp3) is 0.333. The van der Waals surface area contributed by atoms with E-state index in [9.17, 15) is 24.8 Å². The molecule has 1 aliphatic rings. The summed E-state index contributed by atoms with van der Waals surface area (Å²) < 4.78 is 5.54. The molecule has 2 aromatic carbocycles. The van der Waals surface area contributed by atoms with Crippen LogP contribution in [0.15, 0.2) is 54.1 Å². The standard InChI is InChI=1S/C24H27N3O6/c1-4-14-33-19-10-8-16(9-11-19)22(28)20-21(17-6-5-7-18(15-17)27(31)32)26(13-12-25(2)3)24(30)23(20)29/h5-11,15,21,28H,4,12-14H2,1-3H3. The summed E-state index contributed by atoms with van der Waals surface area (Å²) in [4.78, 5) is 39.0. The quantitative estimate of drug-likeness (QED) is 0.197. The Kier molecular flexibility index (Phi) is 7.44. The average Bonchev–Trinajstić information content (AvgIpc) is 3.06. The Bertz CT molecular complexity index is 1080. The van der Waals surface area contributed by atoms with Crippen LogP contribution >= 0.6 is 0 Å². The number of hydrogen-bond acceptors (Lipinski definition) is 6. The van der Waals surface area contributed by atoms with Crippen LogP contribution in [0.2, 0.25) is 0 Å². The fourth-order valence-corrected chi connectivity index (χ4v) is 3.68. The summed E-state index contributed by atoms with van der Waals surface area (Å²) in [6, 6.07) is 11.1. The number of amides is 1. The lowest BCUT2D eigenvalue weighted by atomic mass is 9.95. The summed E-state index contributed by atoms with van der Waals surface area (Å²) in [5.74, 6) is -1.64. The zero-order valence-electron chi connectivity index (χ0n) is 18.9. The van der Waals surface area contributed by atoms with E-state index < -0.39 is 28.4 Å². The number of carbonyl (C=O) groups is 2. The van der Waals surface area contributed by atoms with E-state index in [0.29, 0.717) is 24.5 Å². The van der Waals surface area contributed by atoms with Gasteiger partial charge in [0.15, 0.2) is 0 Å². The van der Waals surface area contributed by atoms with E-state index in [1.807, 2.05) is 21.0 Å². The van der Waals surface area contributed by atoms with Crippen molar-refractivity contribution in [1.29, 1.82) is 0 Å². The van der Waals surface area contributed by atoms with Crippen LogP contribution in [0.5, 0.6) is 5.75 Å². The van der Waals surface area contributed by atoms with Gasteiger partial charge in [0.25, 0.3) is 11.6 Å². The normalized spacial score (nSPS) is 17.6. The number of nitro groups is 1. The van der Waals surface area contributed by atoms with Crippen LogP contribution in [0.25, 0.3) is 5.76 Å². The number of rotatable bonds is 9. The predicted molar refractivity (Wildman–Crippen MR) is 119 cm³/mol. The number of nitro benzene ring substituents is 1. The molecule has 0 aromatic heterocycles. The molecule has 1 unspecified atom stereocenters. The third-order valence-electron chi connectivity index (χ3n) is 5.37. The average molecular weight is 453 g/mol. The van der Waals surface area contributed by atoms with Gasteiger partial charge in [-0.05, 0) is 29.7 Å². The molecule has 1 atom stereocenters. The van der Waals surface area contributed by atoms with Crippen LogP contribution in [0.3, 0.4) is 0 Å². The minimum absolute atomic E-state index is 0.179. The topological polar surface area (TPSA) is 117 Å². The molecule has 1 saturated heterocycles. The second-order valence-corrected chi connectivity index (χ2v) is 8.16. The molecule has 33 heavy (non-hydrogen) atoms. The minimum atomic E-state index is -0.993. The van der Waals surface area contributed by atoms with Gasteiger partial charge in [0.1, 0.15) is 5.75 Å². The molecule has 0 saturated carbocycles. The molecule has 1 aliphatic heterocycles. The Morgan fingerprint density at radius 3 is 2.45 bits per heavy atom. The Morgan fingerprint density at radius 2 is 1.85 bits per heavy atom. The number of benzene rings is 2. The maximum absolute atomic E-state index is 13.4. The van der Waals surface area contributed by atoms with Crippen molar-refractivity contribution in [3.8, 4) is 5.75 Å². The van der Waals surface area contributed by atoms with E-state index in [-0.39, 0.29) is 23.4 Å². The van der Waals surface area contributed by atoms with Crippen LogP contribution < -0.4 is 14.7 Å². The molecule has 1 N–H and O–H groups in total. The number of non-ortho nitro benzene ring substituents is 1. The molecule has 1 heterocycles. The zero-order chi connectivity index (χ0) is 24.1. The van der Waals surface area contributed by atoms with E-state index in [1.165, 1.54) is 23.1 Å². The van der Waals surface area contributed by atoms with Gasteiger partial charge >= 0.3 is 0 Å². The van der Waals surface area contributed by atoms with Gasteiger partial charge in [-0.1, -0.05) is 36.9 Å². The Hall–Kier alpha value is -3.72. The fourth-order valence-electron chi connectivity index (χ4n) is 3.68. The minimum Gasteiger partial charge on any atom is -0.872 e. The number of likely N-dealkylation sites (tertiary alicyclic amines) is 1. The lowest BCUT2D eigenvalue weighted by molar-refractivity contribution is -0.857. The van der Waals surface area contributed by atoms with Crippen LogP contribution in [0, 0.1) is 10.1 Å². The summed E-state index contributed by atoms with van der Waals surface area (Å²) >= 11 is 0. The maximum atomic E-state index is 13.4. The van der Waals surface area contributed by atoms with Gasteiger partial charge in [-0.25, -0.2) is 0 Å². The number of nitrogens with zero attached hydrogens (tertiary/aromatic N) is 2. The molecule has 9 nitrogen and oxygen atoms in total. The number of quaternary nitrogens is 1. The molecular formula is C24H27N3O6. The number of Topliss-reactive ketones (excluding diaryl/α,β-unsaturated/α-hetero) is 1. The van der Waals surface area contributed by atoms with E-state index in [2.05, 4.69) is 0 Å². The first-order chi connectivity index (χ1) is 15.7. The Balaban J connectivity index is 2.10. The van der Waals surface area contributed by atoms with Crippen molar-refractivity contribution in [1.82, 2.24) is 4.90 Å². The predicted octanol–water partition coefficient (Wildman–Crippen LogP) is 0.752. The van der Waals surface area contributed by atoms with E-state index in [4.69, 9.17) is 4.74 Å². The largest absolute Gasteiger partial charge is 0.872 e. The highest BCUT2D eigenvalue weighted by molar-refractivity contribution is 6.46. The SMILES string of the molecule is CCCOc1ccc(C([O-])=C2C(=O)C(=O)N(CC[NH+](C)C)C2c2cccc([N+](=O)[O-])c2)cc1. The Labute approximate surface area is 192 Å². The number of likely N-dealkylation sites (N-methyl/N-ethyl adjacent to an activating group) is 1. The number of nitrogens with one attached hydrogen (secondary N) is 1. The summed E-state index contributed by atoms with van der Waals surface area (Å²) in [6.07, 6.45) is 0.838. The van der Waals surface area contributed by atoms with Gasteiger partial charge in [-0.2, -0.15) is 0 Å². The smallest absolute Gasteiger partial charge is 0.295 e. The van der Waals surface area contributed by atoms with Gasteiger partial charge < -0.3 is 19.6 Å². The highest BCUT2D eigenvalue weighted by Crippen LogP contribution is 2.39. The zero-order valence-corrected chi connectivity index (χ0v) is 18.9. The first kappa shape index (κ1) is 23.9. The molecule has 2 aromatic rings. The second-order valence-electron chi connectivity index (χ2n) is 8.16. The molecule has 9 heteroatoms. The monoisotopic (exact) mass is 453 g/mol. The van der Waals surface area contributed by atoms with Gasteiger partial charge in [-0.15, -0.1) is 0 Å². The number of ketones is 1. The molecule has 1 amide bonds. The number of carbonyl (C=O) groups excluding carboxylic acids is 2. The van der Waals surface area contributed by atoms with Crippen molar-refractivity contribution >= 4 is 23.1 Å². The maximum Gasteiger partial charge on any atom is 0.295 e. The molecule has 1 fully saturated rings. The summed E-state index contributed by atoms with van der Waals surface area (Å²) in [6.45, 7) is 3.28. The molecule has 0 aliphatic carbocycles. The van der Waals surface area contributed by atoms with Crippen LogP contribution in [-0.2, 0) is 9.59 Å². The summed E-state index contributed by atoms with van der Waals surface area (Å²) in [7, 11) is 3.81. The van der Waals surface area contributed by atoms with Crippen molar-refractivity contribution < 1.29 is 29.3 Å². The lowest BCUT2D eigenvalue weighted by Gasteiger charge is -2.27. The van der Waals surface area contributed by atoms with Gasteiger partial charge in [0, 0.05) is 17.7 Å². The third-order valence-corrected chi connectivity index (χ3v) is 5.37. The van der Waals surface area contributed by atoms with Crippen molar-refractivity contribution in [2.75, 3.05) is 33.8 Å². The molecule has 0 bridgehead atoms. The van der Waals surface area contributed by atoms with Gasteiger partial charge in [-0.3, -0.25) is 19.7 Å². The summed E-state index contributed by atoms with van der Waals surface area (Å²) in [5, 5.41) is 24.7. The molecular weight excluding hydrogens is 426 g/mol. The number of hydrogen-bond donors (Lipinski definition) is 1. The second kappa shape index (κ2) is 10.3. The van der Waals surface area contributed by atoms with Gasteiger partial charge in [0.05, 0.1) is 44.8 Å². The van der Waals surface area contributed by atoms with Crippen molar-refractivity contribution in [2.24, 2.45) is 0 Å². The van der Waals surface area contributed by atoms with Crippen LogP contribution in [-0.4, -0.2) is 55.3 Å². The first-order valence-electron chi connectivity index (χ1n) is 10.8. The van der Waals surface area contributed by atoms with Crippen LogP contribution in [0.1, 0.15) is 30.5 Å².